The molecule has 0 aromatic heterocycles. The summed E-state index contributed by atoms with van der Waals surface area (Å²) < 4.78 is 9.14. The summed E-state index contributed by atoms with van der Waals surface area (Å²) in [5.74, 6) is -1.03. The molecule has 0 amide bonds. The molecular weight excluding hydrogens is 210 g/mol. The van der Waals surface area contributed by atoms with Gasteiger partial charge in [-0.05, 0) is 23.8 Å². The van der Waals surface area contributed by atoms with Gasteiger partial charge in [-0.15, -0.1) is 0 Å². The van der Waals surface area contributed by atoms with Crippen LogP contribution in [0, 0.1) is 0 Å². The fourth-order valence-corrected chi connectivity index (χ4v) is 1.28. The average molecular weight is 223 g/mol. The van der Waals surface area contributed by atoms with E-state index in [0.717, 1.165) is 0 Å². The monoisotopic (exact) mass is 223 g/mol. The first-order chi connectivity index (χ1) is 7.62. The van der Waals surface area contributed by atoms with Crippen LogP contribution in [0.1, 0.15) is 26.3 Å². The number of hydrogen-bond acceptors (Lipinski definition) is 5. The van der Waals surface area contributed by atoms with Gasteiger partial charge in [-0.3, -0.25) is 0 Å². The zero-order chi connectivity index (χ0) is 12.1. The number of ether oxygens (including phenoxy) is 2. The maximum Gasteiger partial charge on any atom is 0.337 e. The highest BCUT2D eigenvalue weighted by atomic mass is 16.5. The number of benzene rings is 1. The van der Waals surface area contributed by atoms with E-state index in [4.69, 9.17) is 5.73 Å². The van der Waals surface area contributed by atoms with Gasteiger partial charge in [-0.1, -0.05) is 0 Å². The molecule has 0 atom stereocenters. The smallest absolute Gasteiger partial charge is 0.337 e. The minimum Gasteiger partial charge on any atom is -0.465 e. The zero-order valence-corrected chi connectivity index (χ0v) is 9.15. The van der Waals surface area contributed by atoms with Crippen molar-refractivity contribution >= 4 is 11.9 Å². The van der Waals surface area contributed by atoms with Crippen LogP contribution < -0.4 is 5.73 Å². The number of rotatable bonds is 3. The molecule has 5 nitrogen and oxygen atoms in total. The fourth-order valence-electron chi connectivity index (χ4n) is 1.28. The second kappa shape index (κ2) is 5.27. The second-order valence-corrected chi connectivity index (χ2v) is 3.11. The number of esters is 2. The van der Waals surface area contributed by atoms with Gasteiger partial charge in [0.15, 0.2) is 0 Å². The molecule has 5 heteroatoms. The van der Waals surface area contributed by atoms with Gasteiger partial charge < -0.3 is 15.2 Å². The highest BCUT2D eigenvalue weighted by Crippen LogP contribution is 2.12. The van der Waals surface area contributed by atoms with Gasteiger partial charge in [-0.2, -0.15) is 0 Å². The highest BCUT2D eigenvalue weighted by Gasteiger charge is 2.12. The number of hydrogen-bond donors (Lipinski definition) is 1. The lowest BCUT2D eigenvalue weighted by Gasteiger charge is -2.06. The highest BCUT2D eigenvalue weighted by molar-refractivity contribution is 5.95. The van der Waals surface area contributed by atoms with Crippen LogP contribution in [0.3, 0.4) is 0 Å². The largest absolute Gasteiger partial charge is 0.465 e. The Morgan fingerprint density at radius 2 is 1.50 bits per heavy atom. The fraction of sp³-hybridized carbons (Fsp3) is 0.273. The molecule has 1 rings (SSSR count). The van der Waals surface area contributed by atoms with Gasteiger partial charge in [0.2, 0.25) is 0 Å². The molecule has 86 valence electrons. The molecule has 0 aliphatic rings. The third-order valence-corrected chi connectivity index (χ3v) is 2.07. The van der Waals surface area contributed by atoms with E-state index in [1.165, 1.54) is 20.3 Å². The molecule has 0 saturated heterocycles. The Labute approximate surface area is 93.1 Å². The first-order valence-electron chi connectivity index (χ1n) is 4.63. The molecule has 0 aliphatic carbocycles. The molecule has 1 aromatic carbocycles. The Hall–Kier alpha value is -1.88. The second-order valence-electron chi connectivity index (χ2n) is 3.11. The molecule has 16 heavy (non-hydrogen) atoms. The average Bonchev–Trinajstić information content (AvgIpc) is 2.35. The lowest BCUT2D eigenvalue weighted by atomic mass is 10.1. The standard InChI is InChI=1S/C11H13NO4/c1-15-10(13)8-3-7(6-12)4-9(5-8)11(14)16-2/h3-5H,6,12H2,1-2H3. The summed E-state index contributed by atoms with van der Waals surface area (Å²) in [6.07, 6.45) is 0. The molecule has 0 aliphatic heterocycles. The Balaban J connectivity index is 3.20. The third kappa shape index (κ3) is 2.58. The van der Waals surface area contributed by atoms with Crippen molar-refractivity contribution in [2.24, 2.45) is 5.73 Å². The van der Waals surface area contributed by atoms with E-state index in [1.54, 1.807) is 12.1 Å². The van der Waals surface area contributed by atoms with E-state index >= 15 is 0 Å². The van der Waals surface area contributed by atoms with E-state index in [1.807, 2.05) is 0 Å². The summed E-state index contributed by atoms with van der Waals surface area (Å²) in [4.78, 5) is 22.7. The molecule has 0 radical (unpaired) electrons. The van der Waals surface area contributed by atoms with Crippen molar-refractivity contribution in [1.29, 1.82) is 0 Å². The molecule has 1 aromatic rings. The molecule has 0 heterocycles. The molecular formula is C11H13NO4. The van der Waals surface area contributed by atoms with Crippen molar-refractivity contribution in [2.45, 2.75) is 6.54 Å². The SMILES string of the molecule is COC(=O)c1cc(CN)cc(C(=O)OC)c1. The van der Waals surface area contributed by atoms with Gasteiger partial charge in [0.1, 0.15) is 0 Å². The molecule has 0 unspecified atom stereocenters. The number of nitrogens with two attached hydrogens (primary N) is 1. The van der Waals surface area contributed by atoms with Crippen molar-refractivity contribution in [3.8, 4) is 0 Å². The van der Waals surface area contributed by atoms with Gasteiger partial charge in [0, 0.05) is 6.54 Å². The van der Waals surface area contributed by atoms with Crippen molar-refractivity contribution in [3.63, 3.8) is 0 Å². The van der Waals surface area contributed by atoms with Crippen molar-refractivity contribution in [1.82, 2.24) is 0 Å². The first-order valence-corrected chi connectivity index (χ1v) is 4.63. The number of carbonyl (C=O) groups is 2. The van der Waals surface area contributed by atoms with Crippen LogP contribution in [0.4, 0.5) is 0 Å². The lowest BCUT2D eigenvalue weighted by Crippen LogP contribution is -2.09. The number of carbonyl (C=O) groups excluding carboxylic acids is 2. The van der Waals surface area contributed by atoms with Crippen LogP contribution in [0.5, 0.6) is 0 Å². The van der Waals surface area contributed by atoms with Crippen molar-refractivity contribution < 1.29 is 19.1 Å². The minimum absolute atomic E-state index is 0.231. The molecule has 2 N–H and O–H groups in total. The van der Waals surface area contributed by atoms with E-state index in [-0.39, 0.29) is 17.7 Å². The first kappa shape index (κ1) is 12.2. The van der Waals surface area contributed by atoms with Crippen LogP contribution in [0.15, 0.2) is 18.2 Å². The summed E-state index contributed by atoms with van der Waals surface area (Å²) in [5, 5.41) is 0. The topological polar surface area (TPSA) is 78.6 Å². The Kier molecular flexibility index (Phi) is 4.02. The van der Waals surface area contributed by atoms with Crippen LogP contribution in [0.2, 0.25) is 0 Å². The summed E-state index contributed by atoms with van der Waals surface area (Å²) in [5.41, 5.74) is 6.70. The summed E-state index contributed by atoms with van der Waals surface area (Å²) in [6, 6.07) is 4.58. The van der Waals surface area contributed by atoms with Crippen LogP contribution in [-0.2, 0) is 16.0 Å². The predicted octanol–water partition coefficient (Wildman–Crippen LogP) is 0.719. The van der Waals surface area contributed by atoms with E-state index in [0.29, 0.717) is 5.56 Å². The maximum absolute atomic E-state index is 11.3. The molecule has 0 spiro atoms. The minimum atomic E-state index is -0.513. The molecule has 0 saturated carbocycles. The summed E-state index contributed by atoms with van der Waals surface area (Å²) in [6.45, 7) is 0.231. The quantitative estimate of drug-likeness (QED) is 0.764. The maximum atomic E-state index is 11.3. The van der Waals surface area contributed by atoms with Gasteiger partial charge in [-0.25, -0.2) is 9.59 Å². The predicted molar refractivity (Wildman–Crippen MR) is 57.0 cm³/mol. The third-order valence-electron chi connectivity index (χ3n) is 2.07. The van der Waals surface area contributed by atoms with Crippen molar-refractivity contribution in [3.05, 3.63) is 34.9 Å². The van der Waals surface area contributed by atoms with Crippen LogP contribution in [-0.4, -0.2) is 26.2 Å². The van der Waals surface area contributed by atoms with Gasteiger partial charge >= 0.3 is 11.9 Å². The van der Waals surface area contributed by atoms with E-state index in [9.17, 15) is 9.59 Å². The number of methoxy groups -OCH3 is 2. The summed E-state index contributed by atoms with van der Waals surface area (Å²) >= 11 is 0. The zero-order valence-electron chi connectivity index (χ0n) is 9.15. The van der Waals surface area contributed by atoms with E-state index < -0.39 is 11.9 Å². The Morgan fingerprint density at radius 1 is 1.06 bits per heavy atom. The van der Waals surface area contributed by atoms with Crippen LogP contribution >= 0.6 is 0 Å². The molecule has 0 fully saturated rings. The van der Waals surface area contributed by atoms with Crippen molar-refractivity contribution in [2.75, 3.05) is 14.2 Å². The Bertz CT molecular complexity index is 380. The van der Waals surface area contributed by atoms with Gasteiger partial charge in [0.25, 0.3) is 0 Å². The lowest BCUT2D eigenvalue weighted by molar-refractivity contribution is 0.0599. The normalized spacial score (nSPS) is 9.69. The Morgan fingerprint density at radius 3 is 1.81 bits per heavy atom. The summed E-state index contributed by atoms with van der Waals surface area (Å²) in [7, 11) is 2.55. The van der Waals surface area contributed by atoms with E-state index in [2.05, 4.69) is 9.47 Å². The molecule has 0 bridgehead atoms. The van der Waals surface area contributed by atoms with Crippen LogP contribution in [0.25, 0.3) is 0 Å². The van der Waals surface area contributed by atoms with Gasteiger partial charge in [0.05, 0.1) is 25.3 Å².